The van der Waals surface area contributed by atoms with E-state index in [0.29, 0.717) is 6.42 Å². The van der Waals surface area contributed by atoms with Gasteiger partial charge in [0.1, 0.15) is 0 Å². The van der Waals surface area contributed by atoms with Crippen LogP contribution in [-0.4, -0.2) is 61.4 Å². The Balaban J connectivity index is 1.18. The van der Waals surface area contributed by atoms with Crippen LogP contribution in [0.5, 0.6) is 0 Å². The van der Waals surface area contributed by atoms with Crippen molar-refractivity contribution in [2.45, 2.75) is 32.2 Å². The van der Waals surface area contributed by atoms with Gasteiger partial charge in [-0.05, 0) is 73.8 Å². The summed E-state index contributed by atoms with van der Waals surface area (Å²) in [7, 11) is 0. The van der Waals surface area contributed by atoms with E-state index in [4.69, 9.17) is 11.6 Å². The van der Waals surface area contributed by atoms with Gasteiger partial charge in [0, 0.05) is 49.7 Å². The Morgan fingerprint density at radius 2 is 1.60 bits per heavy atom. The molecule has 0 atom stereocenters. The molecule has 0 unspecified atom stereocenters. The third-order valence-electron chi connectivity index (χ3n) is 6.33. The fourth-order valence-corrected chi connectivity index (χ4v) is 4.60. The van der Waals surface area contributed by atoms with E-state index in [1.165, 1.54) is 16.7 Å². The van der Waals surface area contributed by atoms with Gasteiger partial charge in [-0.2, -0.15) is 0 Å². The van der Waals surface area contributed by atoms with Gasteiger partial charge in [-0.1, -0.05) is 35.9 Å². The maximum atomic E-state index is 12.7. The highest BCUT2D eigenvalue weighted by Gasteiger charge is 2.17. The largest absolute Gasteiger partial charge is 0.316 e. The Kier molecular flexibility index (Phi) is 7.56. The summed E-state index contributed by atoms with van der Waals surface area (Å²) in [5.41, 5.74) is 4.95. The molecular weight excluding hydrogens is 394 g/mol. The zero-order chi connectivity index (χ0) is 20.8. The summed E-state index contributed by atoms with van der Waals surface area (Å²) in [5.74, 6) is 0.288. The fraction of sp³-hybridized carbons (Fsp3) is 0.480. The summed E-state index contributed by atoms with van der Waals surface area (Å²) < 4.78 is 0. The number of rotatable bonds is 7. The van der Waals surface area contributed by atoms with Crippen LogP contribution >= 0.6 is 11.6 Å². The topological polar surface area (TPSA) is 35.6 Å². The number of nitrogens with one attached hydrogen (secondary N) is 1. The first-order valence-corrected chi connectivity index (χ1v) is 11.6. The molecule has 2 aliphatic rings. The van der Waals surface area contributed by atoms with E-state index >= 15 is 0 Å². The quantitative estimate of drug-likeness (QED) is 0.684. The molecule has 0 saturated carbocycles. The third kappa shape index (κ3) is 5.92. The summed E-state index contributed by atoms with van der Waals surface area (Å²) >= 11 is 5.97. The molecule has 2 aliphatic heterocycles. The monoisotopic (exact) mass is 425 g/mol. The first-order valence-electron chi connectivity index (χ1n) is 11.2. The molecule has 1 fully saturated rings. The fourth-order valence-electron chi connectivity index (χ4n) is 4.47. The summed E-state index contributed by atoms with van der Waals surface area (Å²) in [6.07, 6.45) is 3.67. The van der Waals surface area contributed by atoms with E-state index in [9.17, 15) is 4.79 Å². The molecule has 4 nitrogen and oxygen atoms in total. The number of halogens is 1. The van der Waals surface area contributed by atoms with E-state index in [0.717, 1.165) is 82.2 Å². The van der Waals surface area contributed by atoms with Crippen molar-refractivity contribution in [2.24, 2.45) is 0 Å². The zero-order valence-electron chi connectivity index (χ0n) is 17.7. The van der Waals surface area contributed by atoms with Crippen LogP contribution in [-0.2, 0) is 19.4 Å². The maximum Gasteiger partial charge on any atom is 0.162 e. The highest BCUT2D eigenvalue weighted by atomic mass is 35.5. The van der Waals surface area contributed by atoms with Gasteiger partial charge in [0.2, 0.25) is 0 Å². The van der Waals surface area contributed by atoms with Crippen molar-refractivity contribution < 1.29 is 4.79 Å². The minimum Gasteiger partial charge on any atom is -0.316 e. The van der Waals surface area contributed by atoms with Crippen LogP contribution in [0.2, 0.25) is 5.02 Å². The van der Waals surface area contributed by atoms with Crippen molar-refractivity contribution >= 4 is 17.4 Å². The lowest BCUT2D eigenvalue weighted by Crippen LogP contribution is -2.46. The normalized spacial score (nSPS) is 18.0. The zero-order valence-corrected chi connectivity index (χ0v) is 18.5. The molecule has 2 heterocycles. The van der Waals surface area contributed by atoms with E-state index in [1.54, 1.807) is 0 Å². The van der Waals surface area contributed by atoms with Gasteiger partial charge in [-0.3, -0.25) is 9.69 Å². The second-order valence-electron chi connectivity index (χ2n) is 8.50. The molecule has 0 aromatic heterocycles. The predicted octanol–water partition coefficient (Wildman–Crippen LogP) is 3.81. The molecule has 0 radical (unpaired) electrons. The van der Waals surface area contributed by atoms with Crippen molar-refractivity contribution in [3.63, 3.8) is 0 Å². The van der Waals surface area contributed by atoms with Crippen molar-refractivity contribution in [3.05, 3.63) is 69.7 Å². The van der Waals surface area contributed by atoms with Crippen LogP contribution in [0.25, 0.3) is 0 Å². The Morgan fingerprint density at radius 3 is 2.37 bits per heavy atom. The molecular formula is C25H32ClN3O. The smallest absolute Gasteiger partial charge is 0.162 e. The number of hydrogen-bond acceptors (Lipinski definition) is 4. The van der Waals surface area contributed by atoms with Crippen molar-refractivity contribution in [2.75, 3.05) is 45.8 Å². The molecule has 160 valence electrons. The van der Waals surface area contributed by atoms with Gasteiger partial charge in [0.05, 0.1) is 0 Å². The number of carbonyl (C=O) groups is 1. The Bertz CT molecular complexity index is 844. The van der Waals surface area contributed by atoms with Crippen LogP contribution in [0, 0.1) is 0 Å². The Morgan fingerprint density at radius 1 is 0.900 bits per heavy atom. The molecule has 30 heavy (non-hydrogen) atoms. The number of benzene rings is 2. The number of hydrogen-bond donors (Lipinski definition) is 1. The second kappa shape index (κ2) is 10.5. The first-order chi connectivity index (χ1) is 14.7. The summed E-state index contributed by atoms with van der Waals surface area (Å²) in [5, 5.41) is 4.23. The lowest BCUT2D eigenvalue weighted by atomic mass is 9.97. The number of Topliss-reactive ketones (excluding diaryl/α,β-unsaturated/α-hetero) is 1. The molecule has 1 saturated heterocycles. The minimum absolute atomic E-state index is 0.288. The van der Waals surface area contributed by atoms with E-state index in [2.05, 4.69) is 39.4 Å². The van der Waals surface area contributed by atoms with Gasteiger partial charge in [-0.25, -0.2) is 0 Å². The van der Waals surface area contributed by atoms with E-state index in [-0.39, 0.29) is 5.78 Å². The first kappa shape index (κ1) is 21.5. The second-order valence-corrected chi connectivity index (χ2v) is 8.94. The van der Waals surface area contributed by atoms with Gasteiger partial charge < -0.3 is 10.2 Å². The number of piperazine rings is 1. The standard InChI is InChI=1S/C25H32ClN3O/c26-24-7-3-20(4-8-24)19-29-16-14-28(15-17-29)13-1-2-25(30)23-6-5-21-9-11-27-12-10-22(21)18-23/h3-8,18,27H,1-2,9-17,19H2. The molecule has 0 aliphatic carbocycles. The summed E-state index contributed by atoms with van der Waals surface area (Å²) in [4.78, 5) is 17.7. The van der Waals surface area contributed by atoms with E-state index < -0.39 is 0 Å². The molecule has 1 N–H and O–H groups in total. The van der Waals surface area contributed by atoms with Gasteiger partial charge >= 0.3 is 0 Å². The lowest BCUT2D eigenvalue weighted by Gasteiger charge is -2.34. The maximum absolute atomic E-state index is 12.7. The average Bonchev–Trinajstić information content (AvgIpc) is 3.01. The molecule has 0 spiro atoms. The number of ketones is 1. The summed E-state index contributed by atoms with van der Waals surface area (Å²) in [6, 6.07) is 14.5. The SMILES string of the molecule is O=C(CCCN1CCN(Cc2ccc(Cl)cc2)CC1)c1ccc2c(c1)CCNCC2. The molecule has 0 amide bonds. The van der Waals surface area contributed by atoms with Crippen molar-refractivity contribution in [1.29, 1.82) is 0 Å². The summed E-state index contributed by atoms with van der Waals surface area (Å²) in [6.45, 7) is 8.35. The molecule has 4 rings (SSSR count). The van der Waals surface area contributed by atoms with Crippen LogP contribution in [0.15, 0.2) is 42.5 Å². The van der Waals surface area contributed by atoms with Gasteiger partial charge in [0.15, 0.2) is 5.78 Å². The predicted molar refractivity (Wildman–Crippen MR) is 123 cm³/mol. The van der Waals surface area contributed by atoms with Crippen molar-refractivity contribution in [3.8, 4) is 0 Å². The number of nitrogens with zero attached hydrogens (tertiary/aromatic N) is 2. The van der Waals surface area contributed by atoms with Crippen LogP contribution < -0.4 is 5.32 Å². The molecule has 2 aromatic rings. The minimum atomic E-state index is 0.288. The molecule has 0 bridgehead atoms. The van der Waals surface area contributed by atoms with Crippen LogP contribution in [0.3, 0.4) is 0 Å². The highest BCUT2D eigenvalue weighted by Crippen LogP contribution is 2.18. The molecule has 2 aromatic carbocycles. The Labute approximate surface area is 185 Å². The third-order valence-corrected chi connectivity index (χ3v) is 6.58. The highest BCUT2D eigenvalue weighted by molar-refractivity contribution is 6.30. The molecule has 5 heteroatoms. The average molecular weight is 426 g/mol. The van der Waals surface area contributed by atoms with Crippen molar-refractivity contribution in [1.82, 2.24) is 15.1 Å². The van der Waals surface area contributed by atoms with Gasteiger partial charge in [0.25, 0.3) is 0 Å². The van der Waals surface area contributed by atoms with E-state index in [1.807, 2.05) is 18.2 Å². The van der Waals surface area contributed by atoms with Crippen LogP contribution in [0.1, 0.15) is 39.9 Å². The lowest BCUT2D eigenvalue weighted by molar-refractivity contribution is 0.0959. The number of fused-ring (bicyclic) bond motifs is 1. The van der Waals surface area contributed by atoms with Crippen LogP contribution in [0.4, 0.5) is 0 Å². The Hall–Kier alpha value is -1.72. The van der Waals surface area contributed by atoms with Gasteiger partial charge in [-0.15, -0.1) is 0 Å². The number of carbonyl (C=O) groups excluding carboxylic acids is 1.